The van der Waals surface area contributed by atoms with Crippen LogP contribution in [-0.2, 0) is 5.41 Å². The summed E-state index contributed by atoms with van der Waals surface area (Å²) in [4.78, 5) is 0. The molecule has 0 unspecified atom stereocenters. The van der Waals surface area contributed by atoms with Crippen LogP contribution in [0.3, 0.4) is 0 Å². The van der Waals surface area contributed by atoms with Gasteiger partial charge in [-0.05, 0) is 132 Å². The summed E-state index contributed by atoms with van der Waals surface area (Å²) in [7, 11) is 0. The molecule has 12 rings (SSSR count). The molecule has 1 aliphatic carbocycles. The van der Waals surface area contributed by atoms with E-state index in [1.807, 2.05) is 0 Å². The molecule has 0 saturated heterocycles. The Bertz CT molecular complexity index is 3240. The van der Waals surface area contributed by atoms with Crippen LogP contribution in [0.15, 0.2) is 158 Å². The zero-order valence-corrected chi connectivity index (χ0v) is 28.5. The van der Waals surface area contributed by atoms with E-state index in [1.165, 1.54) is 120 Å². The van der Waals surface area contributed by atoms with Gasteiger partial charge in [0.05, 0.1) is 0 Å². The highest BCUT2D eigenvalue weighted by atomic mass is 14.4. The molecular weight excluding hydrogens is 613 g/mol. The van der Waals surface area contributed by atoms with Crippen LogP contribution in [0.4, 0.5) is 0 Å². The number of fused-ring (bicyclic) bond motifs is 12. The van der Waals surface area contributed by atoms with E-state index in [4.69, 9.17) is 0 Å². The molecule has 0 saturated carbocycles. The minimum atomic E-state index is -0.109. The van der Waals surface area contributed by atoms with E-state index in [1.54, 1.807) is 0 Å². The number of benzene rings is 9. The van der Waals surface area contributed by atoms with Gasteiger partial charge in [-0.15, -0.1) is 0 Å². The predicted octanol–water partition coefficient (Wildman–Crippen LogP) is 14.3. The first-order valence-electron chi connectivity index (χ1n) is 18.1. The van der Waals surface area contributed by atoms with Gasteiger partial charge in [0.25, 0.3) is 0 Å². The van der Waals surface area contributed by atoms with Crippen LogP contribution in [0, 0.1) is 0 Å². The van der Waals surface area contributed by atoms with Crippen LogP contribution < -0.4 is 0 Å². The summed E-state index contributed by atoms with van der Waals surface area (Å²) in [6, 6.07) is 59.5. The first-order valence-corrected chi connectivity index (χ1v) is 18.1. The van der Waals surface area contributed by atoms with Crippen LogP contribution in [0.1, 0.15) is 25.0 Å². The van der Waals surface area contributed by atoms with Crippen LogP contribution >= 0.6 is 0 Å². The lowest BCUT2D eigenvalue weighted by atomic mass is 9.81. The highest BCUT2D eigenvalue weighted by molar-refractivity contribution is 6.45. The number of rotatable bonds is 2. The van der Waals surface area contributed by atoms with Gasteiger partial charge in [0.2, 0.25) is 0 Å². The van der Waals surface area contributed by atoms with Gasteiger partial charge in [-0.25, -0.2) is 0 Å². The predicted molar refractivity (Wildman–Crippen MR) is 220 cm³/mol. The Kier molecular flexibility index (Phi) is 5.14. The van der Waals surface area contributed by atoms with Gasteiger partial charge in [-0.1, -0.05) is 159 Å². The molecule has 0 spiro atoms. The van der Waals surface area contributed by atoms with Crippen molar-refractivity contribution in [3.63, 3.8) is 0 Å². The van der Waals surface area contributed by atoms with Crippen molar-refractivity contribution in [1.29, 1.82) is 0 Å². The van der Waals surface area contributed by atoms with Gasteiger partial charge in [-0.3, -0.25) is 0 Å². The molecule has 0 nitrogen and oxygen atoms in total. The van der Waals surface area contributed by atoms with Crippen LogP contribution in [0.5, 0.6) is 0 Å². The fourth-order valence-corrected chi connectivity index (χ4v) is 10.3. The van der Waals surface area contributed by atoms with Crippen molar-refractivity contribution in [2.75, 3.05) is 0 Å². The van der Waals surface area contributed by atoms with E-state index in [2.05, 4.69) is 172 Å². The van der Waals surface area contributed by atoms with Crippen molar-refractivity contribution in [2.24, 2.45) is 0 Å². The van der Waals surface area contributed by atoms with Gasteiger partial charge in [0.15, 0.2) is 0 Å². The Morgan fingerprint density at radius 3 is 1.57 bits per heavy atom. The Morgan fingerprint density at radius 2 is 0.824 bits per heavy atom. The summed E-state index contributed by atoms with van der Waals surface area (Å²) in [6.45, 7) is 4.82. The molecule has 0 aliphatic heterocycles. The maximum atomic E-state index is 2.58. The zero-order valence-electron chi connectivity index (χ0n) is 28.5. The molecule has 0 amide bonds. The molecule has 0 N–H and O–H groups in total. The van der Waals surface area contributed by atoms with E-state index in [9.17, 15) is 0 Å². The minimum Gasteiger partial charge on any atom is -0.0622 e. The molecule has 0 heterocycles. The Labute approximate surface area is 295 Å². The third-order valence-electron chi connectivity index (χ3n) is 12.3. The molecular formula is C51H32. The summed E-state index contributed by atoms with van der Waals surface area (Å²) in [5, 5.41) is 18.9. The monoisotopic (exact) mass is 644 g/mol. The second-order valence-corrected chi connectivity index (χ2v) is 15.1. The Balaban J connectivity index is 1.43. The molecule has 236 valence electrons. The van der Waals surface area contributed by atoms with Crippen molar-refractivity contribution in [3.8, 4) is 33.4 Å². The quantitative estimate of drug-likeness (QED) is 0.164. The van der Waals surface area contributed by atoms with Crippen LogP contribution in [0.25, 0.3) is 109 Å². The highest BCUT2D eigenvalue weighted by Gasteiger charge is 2.38. The largest absolute Gasteiger partial charge is 0.0622 e. The van der Waals surface area contributed by atoms with Gasteiger partial charge in [-0.2, -0.15) is 0 Å². The van der Waals surface area contributed by atoms with Crippen molar-refractivity contribution in [2.45, 2.75) is 19.3 Å². The van der Waals surface area contributed by atoms with Crippen molar-refractivity contribution in [3.05, 3.63) is 169 Å². The van der Waals surface area contributed by atoms with Crippen molar-refractivity contribution < 1.29 is 0 Å². The smallest absolute Gasteiger partial charge is 0.0159 e. The first kappa shape index (κ1) is 27.6. The van der Waals surface area contributed by atoms with Gasteiger partial charge in [0.1, 0.15) is 0 Å². The van der Waals surface area contributed by atoms with Gasteiger partial charge >= 0.3 is 0 Å². The second kappa shape index (κ2) is 9.50. The summed E-state index contributed by atoms with van der Waals surface area (Å²) < 4.78 is 0. The Morgan fingerprint density at radius 1 is 0.294 bits per heavy atom. The maximum absolute atomic E-state index is 2.58. The molecule has 0 fully saturated rings. The lowest BCUT2D eigenvalue weighted by Gasteiger charge is -2.22. The number of hydrogen-bond donors (Lipinski definition) is 0. The number of hydrogen-bond acceptors (Lipinski definition) is 0. The molecule has 1 aliphatic rings. The fraction of sp³-hybridized carbons (Fsp3) is 0.0588. The van der Waals surface area contributed by atoms with E-state index in [0.29, 0.717) is 0 Å². The van der Waals surface area contributed by atoms with E-state index < -0.39 is 0 Å². The maximum Gasteiger partial charge on any atom is 0.0159 e. The highest BCUT2D eigenvalue weighted by Crippen LogP contribution is 2.58. The Hall–Kier alpha value is -6.24. The lowest BCUT2D eigenvalue weighted by molar-refractivity contribution is 0.661. The standard InChI is InChI=1S/C51H32/c1-51(2)41-26-12-11-21-34(41)47-35-23-14-25-37-46(35)40(28-42(47)51)50-44(30-17-7-4-8-18-30)48-36-24-13-22-33-31-19-9-10-20-32(31)38(45(33)36)27-39(48)43(49(37)50)29-15-5-3-6-16-29/h3-28H,1-2H3. The second-order valence-electron chi connectivity index (χ2n) is 15.1. The third-order valence-corrected chi connectivity index (χ3v) is 12.3. The molecule has 11 aromatic carbocycles. The normalized spacial score (nSPS) is 13.8. The van der Waals surface area contributed by atoms with E-state index in [-0.39, 0.29) is 5.41 Å². The molecule has 0 atom stereocenters. The van der Waals surface area contributed by atoms with E-state index in [0.717, 1.165) is 0 Å². The summed E-state index contributed by atoms with van der Waals surface area (Å²) in [5.74, 6) is 0. The van der Waals surface area contributed by atoms with Gasteiger partial charge < -0.3 is 0 Å². The fourth-order valence-electron chi connectivity index (χ4n) is 10.3. The van der Waals surface area contributed by atoms with Crippen LogP contribution in [0.2, 0.25) is 0 Å². The SMILES string of the molecule is CC1(C)c2ccccc2-c2c1cc1c3c(-c4ccccc4)c4c(cc5c6ccccc6c6cccc4c65)c(-c4ccccc4)c3c3cccc2c31. The third kappa shape index (κ3) is 3.31. The molecule has 51 heavy (non-hydrogen) atoms. The lowest BCUT2D eigenvalue weighted by Crippen LogP contribution is -2.14. The van der Waals surface area contributed by atoms with E-state index >= 15 is 0 Å². The molecule has 0 radical (unpaired) electrons. The molecule has 11 aromatic rings. The topological polar surface area (TPSA) is 0 Å². The summed E-state index contributed by atoms with van der Waals surface area (Å²) >= 11 is 0. The first-order chi connectivity index (χ1) is 25.1. The van der Waals surface area contributed by atoms with Crippen LogP contribution in [-0.4, -0.2) is 0 Å². The van der Waals surface area contributed by atoms with Crippen molar-refractivity contribution >= 4 is 75.4 Å². The van der Waals surface area contributed by atoms with Gasteiger partial charge in [0, 0.05) is 5.41 Å². The zero-order chi connectivity index (χ0) is 33.6. The molecule has 0 bridgehead atoms. The van der Waals surface area contributed by atoms with Crippen molar-refractivity contribution in [1.82, 2.24) is 0 Å². The summed E-state index contributed by atoms with van der Waals surface area (Å²) in [6.07, 6.45) is 0. The average Bonchev–Trinajstić information content (AvgIpc) is 3.77. The molecule has 0 heteroatoms. The molecule has 0 aromatic heterocycles. The minimum absolute atomic E-state index is 0.109. The summed E-state index contributed by atoms with van der Waals surface area (Å²) in [5.41, 5.74) is 10.7. The average molecular weight is 645 g/mol.